The Bertz CT molecular complexity index is 312. The molecule has 106 valence electrons. The van der Waals surface area contributed by atoms with Gasteiger partial charge in [-0.25, -0.2) is 4.79 Å². The molecule has 18 heavy (non-hydrogen) atoms. The first-order valence-corrected chi connectivity index (χ1v) is 5.72. The number of aliphatic hydroxyl groups excluding tert-OH is 1. The molecule has 0 aromatic heterocycles. The minimum absolute atomic E-state index is 0.279. The molecule has 4 nitrogen and oxygen atoms in total. The molecule has 0 aromatic rings. The van der Waals surface area contributed by atoms with E-state index < -0.39 is 43.0 Å². The summed E-state index contributed by atoms with van der Waals surface area (Å²) in [4.78, 5) is 12.7. The molecule has 0 radical (unpaired) electrons. The Kier molecular flexibility index (Phi) is 4.15. The van der Waals surface area contributed by atoms with Crippen LogP contribution in [0.2, 0.25) is 0 Å². The van der Waals surface area contributed by atoms with Gasteiger partial charge in [0, 0.05) is 6.54 Å². The van der Waals surface area contributed by atoms with E-state index >= 15 is 0 Å². The Morgan fingerprint density at radius 2 is 1.94 bits per heavy atom. The third-order valence-electron chi connectivity index (χ3n) is 2.72. The molecule has 1 rings (SSSR count). The number of alkyl halides is 3. The van der Waals surface area contributed by atoms with Crippen molar-refractivity contribution in [3.8, 4) is 0 Å². The fourth-order valence-electron chi connectivity index (χ4n) is 1.87. The van der Waals surface area contributed by atoms with Crippen molar-refractivity contribution in [1.82, 2.24) is 4.90 Å². The van der Waals surface area contributed by atoms with Crippen LogP contribution < -0.4 is 0 Å². The predicted octanol–water partition coefficient (Wildman–Crippen LogP) is 2.17. The second-order valence-electron chi connectivity index (χ2n) is 5.44. The second kappa shape index (κ2) is 4.95. The molecule has 1 heterocycles. The van der Waals surface area contributed by atoms with E-state index in [0.717, 1.165) is 4.90 Å². The number of halogens is 3. The number of hydrogen-bond donors (Lipinski definition) is 1. The van der Waals surface area contributed by atoms with E-state index in [0.29, 0.717) is 0 Å². The molecule has 2 atom stereocenters. The second-order valence-corrected chi connectivity index (χ2v) is 5.44. The number of likely N-dealkylation sites (tertiary alicyclic amines) is 1. The van der Waals surface area contributed by atoms with Gasteiger partial charge in [-0.05, 0) is 27.2 Å². The maximum absolute atomic E-state index is 12.6. The van der Waals surface area contributed by atoms with Gasteiger partial charge in [0.2, 0.25) is 0 Å². The van der Waals surface area contributed by atoms with Crippen molar-refractivity contribution >= 4 is 6.09 Å². The molecule has 2 unspecified atom stereocenters. The number of hydrogen-bond acceptors (Lipinski definition) is 3. The molecule has 0 aromatic carbocycles. The van der Waals surface area contributed by atoms with Crippen LogP contribution in [-0.2, 0) is 4.74 Å². The summed E-state index contributed by atoms with van der Waals surface area (Å²) in [5, 5.41) is 9.05. The van der Waals surface area contributed by atoms with Crippen molar-refractivity contribution in [3.05, 3.63) is 0 Å². The van der Waals surface area contributed by atoms with E-state index in [4.69, 9.17) is 9.84 Å². The lowest BCUT2D eigenvalue weighted by molar-refractivity contribution is -0.170. The minimum atomic E-state index is -4.36. The molecule has 1 saturated heterocycles. The predicted molar refractivity (Wildman–Crippen MR) is 58.0 cm³/mol. The van der Waals surface area contributed by atoms with Gasteiger partial charge >= 0.3 is 12.3 Å². The van der Waals surface area contributed by atoms with Gasteiger partial charge in [0.1, 0.15) is 5.60 Å². The first-order chi connectivity index (χ1) is 8.04. The topological polar surface area (TPSA) is 49.8 Å². The smallest absolute Gasteiger partial charge is 0.410 e. The molecule has 1 N–H and O–H groups in total. The first-order valence-electron chi connectivity index (χ1n) is 5.72. The highest BCUT2D eigenvalue weighted by atomic mass is 19.4. The van der Waals surface area contributed by atoms with Gasteiger partial charge in [-0.15, -0.1) is 0 Å². The van der Waals surface area contributed by atoms with Crippen molar-refractivity contribution in [2.75, 3.05) is 13.2 Å². The van der Waals surface area contributed by atoms with Crippen molar-refractivity contribution in [2.45, 2.75) is 45.0 Å². The Morgan fingerprint density at radius 1 is 1.39 bits per heavy atom. The highest BCUT2D eigenvalue weighted by Gasteiger charge is 2.49. The summed E-state index contributed by atoms with van der Waals surface area (Å²) in [6.07, 6.45) is -5.45. The van der Waals surface area contributed by atoms with Crippen LogP contribution in [0.5, 0.6) is 0 Å². The molecule has 0 spiro atoms. The van der Waals surface area contributed by atoms with Gasteiger partial charge in [0.05, 0.1) is 18.6 Å². The van der Waals surface area contributed by atoms with Crippen LogP contribution in [0.3, 0.4) is 0 Å². The zero-order chi connectivity index (χ0) is 14.1. The van der Waals surface area contributed by atoms with Crippen LogP contribution in [0.4, 0.5) is 18.0 Å². The molecule has 1 aliphatic rings. The maximum Gasteiger partial charge on any atom is 0.410 e. The maximum atomic E-state index is 12.6. The highest BCUT2D eigenvalue weighted by Crippen LogP contribution is 2.36. The van der Waals surface area contributed by atoms with Crippen molar-refractivity contribution < 1.29 is 27.8 Å². The van der Waals surface area contributed by atoms with Gasteiger partial charge in [0.25, 0.3) is 0 Å². The monoisotopic (exact) mass is 269 g/mol. The number of carbonyl (C=O) groups is 1. The number of rotatable bonds is 1. The van der Waals surface area contributed by atoms with Crippen LogP contribution in [0.15, 0.2) is 0 Å². The van der Waals surface area contributed by atoms with Crippen LogP contribution in [0, 0.1) is 5.92 Å². The van der Waals surface area contributed by atoms with Crippen molar-refractivity contribution in [3.63, 3.8) is 0 Å². The standard InChI is InChI=1S/C11H18F3NO3/c1-10(2,3)18-9(17)15-5-7(11(12,13)14)4-8(15)6-16/h7-8,16H,4-6H2,1-3H3. The van der Waals surface area contributed by atoms with Gasteiger partial charge in [0.15, 0.2) is 0 Å². The van der Waals surface area contributed by atoms with Crippen LogP contribution >= 0.6 is 0 Å². The van der Waals surface area contributed by atoms with E-state index in [1.54, 1.807) is 20.8 Å². The summed E-state index contributed by atoms with van der Waals surface area (Å²) >= 11 is 0. The average Bonchev–Trinajstić information content (AvgIpc) is 2.57. The summed E-state index contributed by atoms with van der Waals surface area (Å²) in [6.45, 7) is 3.96. The lowest BCUT2D eigenvalue weighted by atomic mass is 10.1. The third-order valence-corrected chi connectivity index (χ3v) is 2.72. The Morgan fingerprint density at radius 3 is 2.33 bits per heavy atom. The number of nitrogens with zero attached hydrogens (tertiary/aromatic N) is 1. The van der Waals surface area contributed by atoms with Crippen molar-refractivity contribution in [1.29, 1.82) is 0 Å². The van der Waals surface area contributed by atoms with E-state index in [-0.39, 0.29) is 6.42 Å². The fourth-order valence-corrected chi connectivity index (χ4v) is 1.87. The lowest BCUT2D eigenvalue weighted by Gasteiger charge is -2.27. The molecule has 1 amide bonds. The first kappa shape index (κ1) is 15.1. The summed E-state index contributed by atoms with van der Waals surface area (Å²) in [5.74, 6) is -1.60. The normalized spacial score (nSPS) is 25.4. The molecule has 1 aliphatic heterocycles. The van der Waals surface area contributed by atoms with Gasteiger partial charge in [-0.1, -0.05) is 0 Å². The minimum Gasteiger partial charge on any atom is -0.444 e. The van der Waals surface area contributed by atoms with Crippen LogP contribution in [0.25, 0.3) is 0 Å². The molecular weight excluding hydrogens is 251 g/mol. The van der Waals surface area contributed by atoms with Gasteiger partial charge < -0.3 is 14.7 Å². The van der Waals surface area contributed by atoms with Crippen LogP contribution in [-0.4, -0.2) is 47.1 Å². The number of aliphatic hydroxyl groups is 1. The van der Waals surface area contributed by atoms with Gasteiger partial charge in [-0.3, -0.25) is 0 Å². The molecule has 1 fully saturated rings. The van der Waals surface area contributed by atoms with E-state index in [2.05, 4.69) is 0 Å². The SMILES string of the molecule is CC(C)(C)OC(=O)N1CC(C(F)(F)F)CC1CO. The van der Waals surface area contributed by atoms with E-state index in [1.165, 1.54) is 0 Å². The lowest BCUT2D eigenvalue weighted by Crippen LogP contribution is -2.41. The molecule has 0 aliphatic carbocycles. The largest absolute Gasteiger partial charge is 0.444 e. The number of amides is 1. The molecular formula is C11H18F3NO3. The zero-order valence-electron chi connectivity index (χ0n) is 10.6. The molecule has 0 saturated carbocycles. The Balaban J connectivity index is 2.73. The summed E-state index contributed by atoms with van der Waals surface area (Å²) in [6, 6.07) is -0.827. The average molecular weight is 269 g/mol. The molecule has 0 bridgehead atoms. The summed E-state index contributed by atoms with van der Waals surface area (Å²) < 4.78 is 42.8. The summed E-state index contributed by atoms with van der Waals surface area (Å²) in [7, 11) is 0. The zero-order valence-corrected chi connectivity index (χ0v) is 10.6. The van der Waals surface area contributed by atoms with Gasteiger partial charge in [-0.2, -0.15) is 13.2 Å². The number of ether oxygens (including phenoxy) is 1. The summed E-state index contributed by atoms with van der Waals surface area (Å²) in [5.41, 5.74) is -0.770. The third kappa shape index (κ3) is 3.76. The van der Waals surface area contributed by atoms with Crippen molar-refractivity contribution in [2.24, 2.45) is 5.92 Å². The highest BCUT2D eigenvalue weighted by molar-refractivity contribution is 5.69. The number of carbonyl (C=O) groups excluding carboxylic acids is 1. The Labute approximate surface area is 104 Å². The fraction of sp³-hybridized carbons (Fsp3) is 0.909. The Hall–Kier alpha value is -0.980. The van der Waals surface area contributed by atoms with E-state index in [1.807, 2.05) is 0 Å². The molecule has 7 heteroatoms. The van der Waals surface area contributed by atoms with Crippen LogP contribution in [0.1, 0.15) is 27.2 Å². The quantitative estimate of drug-likeness (QED) is 0.793. The van der Waals surface area contributed by atoms with E-state index in [9.17, 15) is 18.0 Å².